The molecule has 0 aliphatic heterocycles. The highest BCUT2D eigenvalue weighted by atomic mass is 32.2. The van der Waals surface area contributed by atoms with Gasteiger partial charge in [-0.3, -0.25) is 4.98 Å². The Labute approximate surface area is 157 Å². The van der Waals surface area contributed by atoms with Crippen LogP contribution in [0.25, 0.3) is 0 Å². The van der Waals surface area contributed by atoms with Gasteiger partial charge in [0.05, 0.1) is 16.0 Å². The summed E-state index contributed by atoms with van der Waals surface area (Å²) in [5.41, 5.74) is -2.82. The third-order valence-corrected chi connectivity index (χ3v) is 5.85. The van der Waals surface area contributed by atoms with Crippen LogP contribution in [0.1, 0.15) is 23.7 Å². The van der Waals surface area contributed by atoms with Gasteiger partial charge in [0, 0.05) is 31.4 Å². The van der Waals surface area contributed by atoms with Crippen molar-refractivity contribution in [2.75, 3.05) is 13.1 Å². The van der Waals surface area contributed by atoms with E-state index in [-0.39, 0.29) is 37.7 Å². The standard InChI is InChI=1S/C17H16F6N2O2S/c1-2-25(8-6-14-5-3-4-7-24-14)28(26,27)15-10-12(16(18,19)20)9-13(11-15)17(21,22)23/h3-5,7,9-11H,2,6,8H2,1H3. The largest absolute Gasteiger partial charge is 0.416 e. The molecular weight excluding hydrogens is 410 g/mol. The van der Waals surface area contributed by atoms with Gasteiger partial charge in [-0.05, 0) is 30.3 Å². The van der Waals surface area contributed by atoms with Crippen LogP contribution in [0.5, 0.6) is 0 Å². The molecule has 2 aromatic rings. The second kappa shape index (κ2) is 8.08. The maximum Gasteiger partial charge on any atom is 0.416 e. The third kappa shape index (κ3) is 5.22. The number of alkyl halides is 6. The number of hydrogen-bond donors (Lipinski definition) is 0. The van der Waals surface area contributed by atoms with E-state index in [1.165, 1.54) is 13.1 Å². The van der Waals surface area contributed by atoms with Crippen molar-refractivity contribution in [3.05, 3.63) is 59.4 Å². The molecule has 28 heavy (non-hydrogen) atoms. The van der Waals surface area contributed by atoms with Crippen molar-refractivity contribution in [2.45, 2.75) is 30.6 Å². The fourth-order valence-electron chi connectivity index (χ4n) is 2.46. The number of nitrogens with zero attached hydrogens (tertiary/aromatic N) is 2. The first-order valence-electron chi connectivity index (χ1n) is 8.05. The smallest absolute Gasteiger partial charge is 0.261 e. The summed E-state index contributed by atoms with van der Waals surface area (Å²) in [7, 11) is -4.58. The molecule has 11 heteroatoms. The highest BCUT2D eigenvalue weighted by Crippen LogP contribution is 2.37. The van der Waals surface area contributed by atoms with Gasteiger partial charge in [-0.25, -0.2) is 8.42 Å². The lowest BCUT2D eigenvalue weighted by molar-refractivity contribution is -0.143. The summed E-state index contributed by atoms with van der Waals surface area (Å²) in [6, 6.07) is 5.28. The predicted octanol–water partition coefficient (Wildman–Crippen LogP) is 4.37. The van der Waals surface area contributed by atoms with E-state index in [0.29, 0.717) is 5.69 Å². The average molecular weight is 426 g/mol. The van der Waals surface area contributed by atoms with Gasteiger partial charge in [0.25, 0.3) is 0 Å². The molecule has 0 atom stereocenters. The fourth-order valence-corrected chi connectivity index (χ4v) is 3.98. The minimum absolute atomic E-state index is 0.108. The number of pyridine rings is 1. The normalized spacial score (nSPS) is 13.1. The van der Waals surface area contributed by atoms with Gasteiger partial charge in [0.1, 0.15) is 0 Å². The third-order valence-electron chi connectivity index (χ3n) is 3.90. The van der Waals surface area contributed by atoms with Gasteiger partial charge < -0.3 is 0 Å². The quantitative estimate of drug-likeness (QED) is 0.645. The van der Waals surface area contributed by atoms with Gasteiger partial charge in [0.15, 0.2) is 0 Å². The molecule has 4 nitrogen and oxygen atoms in total. The molecule has 154 valence electrons. The number of sulfonamides is 1. The van der Waals surface area contributed by atoms with Gasteiger partial charge >= 0.3 is 12.4 Å². The minimum Gasteiger partial charge on any atom is -0.261 e. The Kier molecular flexibility index (Phi) is 6.39. The number of likely N-dealkylation sites (N-methyl/N-ethyl adjacent to an activating group) is 1. The average Bonchev–Trinajstić information content (AvgIpc) is 2.61. The summed E-state index contributed by atoms with van der Waals surface area (Å²) in [6.45, 7) is 1.16. The van der Waals surface area contributed by atoms with Crippen LogP contribution in [0.15, 0.2) is 47.5 Å². The molecule has 1 aromatic heterocycles. The molecule has 0 bridgehead atoms. The van der Waals surface area contributed by atoms with E-state index in [9.17, 15) is 34.8 Å². The molecular formula is C17H16F6N2O2S. The summed E-state index contributed by atoms with van der Waals surface area (Å²) in [6.07, 6.45) is -8.62. The van der Waals surface area contributed by atoms with Crippen LogP contribution in [0.3, 0.4) is 0 Å². The molecule has 0 N–H and O–H groups in total. The molecule has 0 saturated carbocycles. The van der Waals surface area contributed by atoms with E-state index >= 15 is 0 Å². The fraction of sp³-hybridized carbons (Fsp3) is 0.353. The van der Waals surface area contributed by atoms with E-state index < -0.39 is 38.4 Å². The summed E-state index contributed by atoms with van der Waals surface area (Å²) in [4.78, 5) is 2.96. The molecule has 0 radical (unpaired) electrons. The van der Waals surface area contributed by atoms with E-state index in [2.05, 4.69) is 4.98 Å². The molecule has 2 rings (SSSR count). The topological polar surface area (TPSA) is 50.3 Å². The molecule has 1 heterocycles. The Morgan fingerprint density at radius 1 is 0.964 bits per heavy atom. The number of aromatic nitrogens is 1. The van der Waals surface area contributed by atoms with Crippen LogP contribution in [-0.2, 0) is 28.8 Å². The Bertz CT molecular complexity index is 879. The van der Waals surface area contributed by atoms with Crippen LogP contribution in [0.2, 0.25) is 0 Å². The van der Waals surface area contributed by atoms with Gasteiger partial charge in [-0.2, -0.15) is 30.6 Å². The van der Waals surface area contributed by atoms with E-state index in [4.69, 9.17) is 0 Å². The predicted molar refractivity (Wildman–Crippen MR) is 88.8 cm³/mol. The summed E-state index contributed by atoms with van der Waals surface area (Å²) < 4.78 is 104. The zero-order valence-electron chi connectivity index (χ0n) is 14.5. The number of halogens is 6. The lowest BCUT2D eigenvalue weighted by atomic mass is 10.1. The lowest BCUT2D eigenvalue weighted by Crippen LogP contribution is -2.33. The first-order chi connectivity index (χ1) is 12.9. The van der Waals surface area contributed by atoms with Crippen molar-refractivity contribution in [3.63, 3.8) is 0 Å². The van der Waals surface area contributed by atoms with Crippen LogP contribution in [-0.4, -0.2) is 30.8 Å². The van der Waals surface area contributed by atoms with Crippen molar-refractivity contribution in [3.8, 4) is 0 Å². The van der Waals surface area contributed by atoms with Crippen LogP contribution >= 0.6 is 0 Å². The SMILES string of the molecule is CCN(CCc1ccccn1)S(=O)(=O)c1cc(C(F)(F)F)cc(C(F)(F)F)c1. The van der Waals surface area contributed by atoms with E-state index in [1.54, 1.807) is 18.2 Å². The van der Waals surface area contributed by atoms with Crippen molar-refractivity contribution in [2.24, 2.45) is 0 Å². The van der Waals surface area contributed by atoms with E-state index in [1.807, 2.05) is 0 Å². The monoisotopic (exact) mass is 426 g/mol. The Hall–Kier alpha value is -2.14. The van der Waals surface area contributed by atoms with Gasteiger partial charge in [-0.1, -0.05) is 13.0 Å². The number of rotatable bonds is 6. The second-order valence-electron chi connectivity index (χ2n) is 5.81. The van der Waals surface area contributed by atoms with Crippen LogP contribution < -0.4 is 0 Å². The van der Waals surface area contributed by atoms with Gasteiger partial charge in [0.2, 0.25) is 10.0 Å². The molecule has 0 saturated heterocycles. The number of hydrogen-bond acceptors (Lipinski definition) is 3. The molecule has 0 aliphatic carbocycles. The Balaban J connectivity index is 2.44. The highest BCUT2D eigenvalue weighted by molar-refractivity contribution is 7.89. The molecule has 0 unspecified atom stereocenters. The highest BCUT2D eigenvalue weighted by Gasteiger charge is 2.39. The lowest BCUT2D eigenvalue weighted by Gasteiger charge is -2.22. The van der Waals surface area contributed by atoms with Crippen molar-refractivity contribution >= 4 is 10.0 Å². The molecule has 0 amide bonds. The molecule has 0 aliphatic rings. The first-order valence-corrected chi connectivity index (χ1v) is 9.49. The summed E-state index contributed by atoms with van der Waals surface area (Å²) in [5.74, 6) is 0. The van der Waals surface area contributed by atoms with Crippen molar-refractivity contribution < 1.29 is 34.8 Å². The summed E-state index contributed by atoms with van der Waals surface area (Å²) in [5, 5.41) is 0. The van der Waals surface area contributed by atoms with Crippen molar-refractivity contribution in [1.29, 1.82) is 0 Å². The second-order valence-corrected chi connectivity index (χ2v) is 7.75. The molecule has 0 spiro atoms. The Morgan fingerprint density at radius 2 is 1.54 bits per heavy atom. The maximum absolute atomic E-state index is 13.0. The Morgan fingerprint density at radius 3 is 1.96 bits per heavy atom. The minimum atomic E-state index is -5.13. The van der Waals surface area contributed by atoms with Gasteiger partial charge in [-0.15, -0.1) is 0 Å². The van der Waals surface area contributed by atoms with Crippen LogP contribution in [0, 0.1) is 0 Å². The number of benzene rings is 1. The maximum atomic E-state index is 13.0. The summed E-state index contributed by atoms with van der Waals surface area (Å²) >= 11 is 0. The first kappa shape index (κ1) is 22.2. The van der Waals surface area contributed by atoms with Crippen LogP contribution in [0.4, 0.5) is 26.3 Å². The van der Waals surface area contributed by atoms with E-state index in [0.717, 1.165) is 4.31 Å². The van der Waals surface area contributed by atoms with Crippen molar-refractivity contribution in [1.82, 2.24) is 9.29 Å². The molecule has 0 fully saturated rings. The molecule has 1 aromatic carbocycles. The zero-order valence-corrected chi connectivity index (χ0v) is 15.4. The zero-order chi connectivity index (χ0) is 21.2.